The number of fused-ring (bicyclic) bond motifs is 1. The third kappa shape index (κ3) is 4.69. The molecular weight excluding hydrogens is 435 g/mol. The van der Waals surface area contributed by atoms with Crippen LogP contribution in [0.1, 0.15) is 60.8 Å². The molecule has 1 fully saturated rings. The molecule has 3 aromatic rings. The van der Waals surface area contributed by atoms with Crippen molar-refractivity contribution in [3.05, 3.63) is 58.9 Å². The van der Waals surface area contributed by atoms with Gasteiger partial charge in [0.1, 0.15) is 17.5 Å². The van der Waals surface area contributed by atoms with Gasteiger partial charge in [-0.05, 0) is 32.8 Å². The van der Waals surface area contributed by atoms with Gasteiger partial charge in [0.25, 0.3) is 6.43 Å². The number of aromatic nitrogens is 3. The summed E-state index contributed by atoms with van der Waals surface area (Å²) in [6, 6.07) is 5.12. The highest BCUT2D eigenvalue weighted by Crippen LogP contribution is 2.32. The maximum Gasteiger partial charge on any atom is 0.407 e. The molecule has 0 aliphatic carbocycles. The molecule has 1 aliphatic heterocycles. The molecule has 1 saturated heterocycles. The number of alkyl halides is 2. The van der Waals surface area contributed by atoms with E-state index in [0.29, 0.717) is 35.6 Å². The predicted octanol–water partition coefficient (Wildman–Crippen LogP) is 5.44. The first-order valence-corrected chi connectivity index (χ1v) is 10.7. The number of carbonyl (C=O) groups is 1. The molecule has 0 radical (unpaired) electrons. The van der Waals surface area contributed by atoms with Gasteiger partial charge in [0.05, 0.1) is 23.3 Å². The Balaban J connectivity index is 1.68. The number of halogens is 3. The molecule has 10 heteroatoms. The number of rotatable bonds is 5. The maximum atomic E-state index is 14.7. The first-order valence-electron chi connectivity index (χ1n) is 10.7. The zero-order chi connectivity index (χ0) is 23.7. The van der Waals surface area contributed by atoms with Crippen LogP contribution in [0, 0.1) is 12.7 Å². The number of piperidine rings is 1. The summed E-state index contributed by atoms with van der Waals surface area (Å²) >= 11 is 0. The lowest BCUT2D eigenvalue weighted by Gasteiger charge is -2.30. The number of likely N-dealkylation sites (tertiary alicyclic amines) is 1. The van der Waals surface area contributed by atoms with Crippen LogP contribution in [-0.2, 0) is 0 Å². The van der Waals surface area contributed by atoms with E-state index < -0.39 is 29.9 Å². The molecule has 2 aromatic heterocycles. The average Bonchev–Trinajstić information content (AvgIpc) is 2.78. The van der Waals surface area contributed by atoms with Gasteiger partial charge < -0.3 is 15.3 Å². The van der Waals surface area contributed by atoms with Gasteiger partial charge in [-0.2, -0.15) is 0 Å². The molecule has 4 rings (SSSR count). The standard InChI is InChI=1S/C23H24F3N5O2/c1-12(15-6-3-7-16(20(15)24)21(25)26)28-22-17-9-18(27-10-19(17)29-13(2)30-22)14-5-4-8-31(11-14)23(32)33/h3,6-7,9-10,12,14,21H,4-5,8,11H2,1-2H3,(H,32,33)(H,28,29,30)/t12-,14-/m1/s1. The van der Waals surface area contributed by atoms with Gasteiger partial charge in [0, 0.05) is 35.7 Å². The average molecular weight is 459 g/mol. The van der Waals surface area contributed by atoms with Crippen molar-refractivity contribution >= 4 is 22.8 Å². The van der Waals surface area contributed by atoms with Crippen LogP contribution >= 0.6 is 0 Å². The molecule has 1 aliphatic rings. The van der Waals surface area contributed by atoms with Crippen LogP contribution in [0.3, 0.4) is 0 Å². The minimum absolute atomic E-state index is 0.0639. The second-order valence-electron chi connectivity index (χ2n) is 8.23. The van der Waals surface area contributed by atoms with Crippen LogP contribution in [0.25, 0.3) is 10.9 Å². The molecule has 0 bridgehead atoms. The van der Waals surface area contributed by atoms with E-state index in [9.17, 15) is 23.1 Å². The van der Waals surface area contributed by atoms with Crippen LogP contribution in [0.2, 0.25) is 0 Å². The van der Waals surface area contributed by atoms with Crippen molar-refractivity contribution in [3.8, 4) is 0 Å². The highest BCUT2D eigenvalue weighted by Gasteiger charge is 2.26. The zero-order valence-electron chi connectivity index (χ0n) is 18.2. The van der Waals surface area contributed by atoms with Crippen LogP contribution in [0.5, 0.6) is 0 Å². The number of benzene rings is 1. The lowest BCUT2D eigenvalue weighted by atomic mass is 9.94. The summed E-state index contributed by atoms with van der Waals surface area (Å²) in [6.45, 7) is 4.23. The predicted molar refractivity (Wildman–Crippen MR) is 117 cm³/mol. The fourth-order valence-corrected chi connectivity index (χ4v) is 4.24. The summed E-state index contributed by atoms with van der Waals surface area (Å²) in [7, 11) is 0. The second-order valence-corrected chi connectivity index (χ2v) is 8.23. The van der Waals surface area contributed by atoms with Gasteiger partial charge in [-0.15, -0.1) is 0 Å². The molecule has 0 spiro atoms. The fraction of sp³-hybridized carbons (Fsp3) is 0.391. The fourth-order valence-electron chi connectivity index (χ4n) is 4.24. The second kappa shape index (κ2) is 9.21. The molecule has 0 unspecified atom stereocenters. The SMILES string of the molecule is Cc1nc(N[C@H](C)c2cccc(C(F)F)c2F)c2cc([C@@H]3CCCN(C(=O)O)C3)ncc2n1. The van der Waals surface area contributed by atoms with Crippen molar-refractivity contribution in [2.45, 2.75) is 45.1 Å². The summed E-state index contributed by atoms with van der Waals surface area (Å²) in [5.41, 5.74) is 0.767. The Hall–Kier alpha value is -3.43. The van der Waals surface area contributed by atoms with Gasteiger partial charge in [-0.1, -0.05) is 18.2 Å². The number of nitrogens with zero attached hydrogens (tertiary/aromatic N) is 4. The monoisotopic (exact) mass is 459 g/mol. The van der Waals surface area contributed by atoms with E-state index in [4.69, 9.17) is 0 Å². The number of aryl methyl sites for hydroxylation is 1. The molecule has 1 aromatic carbocycles. The van der Waals surface area contributed by atoms with Crippen LogP contribution in [-0.4, -0.2) is 44.1 Å². The Kier molecular flexibility index (Phi) is 6.35. The van der Waals surface area contributed by atoms with E-state index in [2.05, 4.69) is 20.3 Å². The quantitative estimate of drug-likeness (QED) is 0.528. The Morgan fingerprint density at radius 3 is 2.76 bits per heavy atom. The number of pyridine rings is 1. The largest absolute Gasteiger partial charge is 0.465 e. The first-order chi connectivity index (χ1) is 15.7. The number of carboxylic acid groups (broad SMARTS) is 1. The molecule has 0 saturated carbocycles. The molecule has 7 nitrogen and oxygen atoms in total. The van der Waals surface area contributed by atoms with E-state index in [-0.39, 0.29) is 11.5 Å². The van der Waals surface area contributed by atoms with E-state index in [1.807, 2.05) is 6.07 Å². The van der Waals surface area contributed by atoms with Gasteiger partial charge >= 0.3 is 6.09 Å². The van der Waals surface area contributed by atoms with Crippen molar-refractivity contribution in [2.24, 2.45) is 0 Å². The third-order valence-corrected chi connectivity index (χ3v) is 5.94. The van der Waals surface area contributed by atoms with Crippen molar-refractivity contribution in [2.75, 3.05) is 18.4 Å². The minimum Gasteiger partial charge on any atom is -0.465 e. The Morgan fingerprint density at radius 1 is 1.27 bits per heavy atom. The summed E-state index contributed by atoms with van der Waals surface area (Å²) in [6.07, 6.45) is -0.701. The Labute approximate surface area is 188 Å². The number of hydrogen-bond acceptors (Lipinski definition) is 5. The number of amides is 1. The number of nitrogens with one attached hydrogen (secondary N) is 1. The van der Waals surface area contributed by atoms with Crippen molar-refractivity contribution in [1.29, 1.82) is 0 Å². The van der Waals surface area contributed by atoms with Crippen LogP contribution in [0.4, 0.5) is 23.8 Å². The summed E-state index contributed by atoms with van der Waals surface area (Å²) in [5, 5.41) is 13.1. The molecule has 2 atom stereocenters. The lowest BCUT2D eigenvalue weighted by Crippen LogP contribution is -2.38. The van der Waals surface area contributed by atoms with Gasteiger partial charge in [0.2, 0.25) is 0 Å². The molecule has 33 heavy (non-hydrogen) atoms. The van der Waals surface area contributed by atoms with Crippen LogP contribution < -0.4 is 5.32 Å². The molecular formula is C23H24F3N5O2. The summed E-state index contributed by atoms with van der Waals surface area (Å²) in [4.78, 5) is 26.1. The van der Waals surface area contributed by atoms with Crippen molar-refractivity contribution in [1.82, 2.24) is 19.9 Å². The van der Waals surface area contributed by atoms with Gasteiger partial charge in [0.15, 0.2) is 0 Å². The topological polar surface area (TPSA) is 91.2 Å². The Bertz CT molecular complexity index is 1190. The Morgan fingerprint density at radius 2 is 2.03 bits per heavy atom. The van der Waals surface area contributed by atoms with Crippen LogP contribution in [0.15, 0.2) is 30.5 Å². The highest BCUT2D eigenvalue weighted by atomic mass is 19.3. The third-order valence-electron chi connectivity index (χ3n) is 5.94. The molecule has 1 amide bonds. The minimum atomic E-state index is -2.91. The van der Waals surface area contributed by atoms with E-state index in [1.54, 1.807) is 20.0 Å². The first kappa shape index (κ1) is 22.8. The summed E-state index contributed by atoms with van der Waals surface area (Å²) in [5.74, 6) is -0.100. The number of anilines is 1. The maximum absolute atomic E-state index is 14.7. The van der Waals surface area contributed by atoms with Crippen molar-refractivity contribution in [3.63, 3.8) is 0 Å². The van der Waals surface area contributed by atoms with E-state index >= 15 is 0 Å². The van der Waals surface area contributed by atoms with Gasteiger partial charge in [-0.3, -0.25) is 4.98 Å². The van der Waals surface area contributed by atoms with Crippen molar-refractivity contribution < 1.29 is 23.1 Å². The number of hydrogen-bond donors (Lipinski definition) is 2. The highest BCUT2D eigenvalue weighted by molar-refractivity contribution is 5.89. The summed E-state index contributed by atoms with van der Waals surface area (Å²) < 4.78 is 40.9. The normalized spacial score (nSPS) is 17.4. The molecule has 174 valence electrons. The lowest BCUT2D eigenvalue weighted by molar-refractivity contribution is 0.130. The molecule has 2 N–H and O–H groups in total. The van der Waals surface area contributed by atoms with Gasteiger partial charge in [-0.25, -0.2) is 27.9 Å². The zero-order valence-corrected chi connectivity index (χ0v) is 18.2. The smallest absolute Gasteiger partial charge is 0.407 e. The van der Waals surface area contributed by atoms with E-state index in [1.165, 1.54) is 17.0 Å². The van der Waals surface area contributed by atoms with E-state index in [0.717, 1.165) is 24.6 Å². The molecule has 3 heterocycles.